The molecule has 0 aliphatic heterocycles. The molecule has 0 radical (unpaired) electrons. The Balaban J connectivity index is 1.66. The molecule has 0 aliphatic carbocycles. The van der Waals surface area contributed by atoms with Gasteiger partial charge in [-0.25, -0.2) is 0 Å². The molecule has 0 amide bonds. The van der Waals surface area contributed by atoms with Crippen molar-refractivity contribution in [2.24, 2.45) is 0 Å². The number of aliphatic hydroxyl groups is 1. The predicted octanol–water partition coefficient (Wildman–Crippen LogP) is 2.22. The third-order valence-corrected chi connectivity index (χ3v) is 5.15. The second-order valence-corrected chi connectivity index (χ2v) is 7.73. The number of nitrogens with zero attached hydrogens (tertiary/aromatic N) is 1. The van der Waals surface area contributed by atoms with E-state index in [9.17, 15) is 9.59 Å². The Morgan fingerprint density at radius 3 is 1.67 bits per heavy atom. The molecule has 0 heterocycles. The van der Waals surface area contributed by atoms with Gasteiger partial charge in [0.2, 0.25) is 0 Å². The summed E-state index contributed by atoms with van der Waals surface area (Å²) < 4.78 is 10.7. The third kappa shape index (κ3) is 12.8. The van der Waals surface area contributed by atoms with Crippen LogP contribution in [0.2, 0.25) is 0 Å². The van der Waals surface area contributed by atoms with Gasteiger partial charge in [0.25, 0.3) is 0 Å². The Bertz CT molecular complexity index is 724. The zero-order chi connectivity index (χ0) is 23.6. The van der Waals surface area contributed by atoms with Crippen LogP contribution in [-0.4, -0.2) is 74.5 Å². The standard InChI is InChI=1S/C26H36N2O5/c29-20-16-27-15-19-28(17-11-25(30)32-21-13-23-7-3-1-4-8-23)18-12-26(31)33-22-14-24-9-5-2-6-10-24/h1-10,27,29H,11-22H2. The summed E-state index contributed by atoms with van der Waals surface area (Å²) in [5, 5.41) is 12.0. The van der Waals surface area contributed by atoms with Crippen LogP contribution in [0.25, 0.3) is 0 Å². The first-order valence-corrected chi connectivity index (χ1v) is 11.6. The summed E-state index contributed by atoms with van der Waals surface area (Å²) in [5.41, 5.74) is 2.26. The predicted molar refractivity (Wildman–Crippen MR) is 128 cm³/mol. The molecule has 0 fully saturated rings. The summed E-state index contributed by atoms with van der Waals surface area (Å²) in [6.07, 6.45) is 1.90. The maximum Gasteiger partial charge on any atom is 0.307 e. The molecule has 2 N–H and O–H groups in total. The van der Waals surface area contributed by atoms with Crippen LogP contribution in [0.15, 0.2) is 60.7 Å². The van der Waals surface area contributed by atoms with E-state index in [-0.39, 0.29) is 31.4 Å². The van der Waals surface area contributed by atoms with E-state index in [4.69, 9.17) is 14.6 Å². The third-order valence-electron chi connectivity index (χ3n) is 5.15. The molecule has 33 heavy (non-hydrogen) atoms. The van der Waals surface area contributed by atoms with Crippen molar-refractivity contribution < 1.29 is 24.2 Å². The number of carbonyl (C=O) groups excluding carboxylic acids is 2. The molecule has 0 spiro atoms. The van der Waals surface area contributed by atoms with E-state index in [2.05, 4.69) is 5.32 Å². The molecule has 2 aromatic carbocycles. The second kappa shape index (κ2) is 16.8. The molecule has 180 valence electrons. The smallest absolute Gasteiger partial charge is 0.307 e. The maximum atomic E-state index is 12.1. The highest BCUT2D eigenvalue weighted by atomic mass is 16.5. The van der Waals surface area contributed by atoms with Crippen LogP contribution in [0, 0.1) is 0 Å². The van der Waals surface area contributed by atoms with Crippen molar-refractivity contribution in [3.05, 3.63) is 71.8 Å². The molecule has 2 rings (SSSR count). The van der Waals surface area contributed by atoms with Crippen LogP contribution in [0.4, 0.5) is 0 Å². The molecule has 0 aromatic heterocycles. The molecule has 0 unspecified atom stereocenters. The topological polar surface area (TPSA) is 88.1 Å². The van der Waals surface area contributed by atoms with Gasteiger partial charge in [-0.15, -0.1) is 0 Å². The second-order valence-electron chi connectivity index (χ2n) is 7.73. The first-order chi connectivity index (χ1) is 16.2. The molecule has 7 heteroatoms. The minimum absolute atomic E-state index is 0.0709. The van der Waals surface area contributed by atoms with Crippen LogP contribution >= 0.6 is 0 Å². The lowest BCUT2D eigenvalue weighted by atomic mass is 10.2. The van der Waals surface area contributed by atoms with Crippen LogP contribution in [0.1, 0.15) is 24.0 Å². The van der Waals surface area contributed by atoms with E-state index >= 15 is 0 Å². The summed E-state index contributed by atoms with van der Waals surface area (Å²) in [5.74, 6) is -0.491. The number of carbonyl (C=O) groups is 2. The number of nitrogens with one attached hydrogen (secondary N) is 1. The number of rotatable bonds is 17. The van der Waals surface area contributed by atoms with Crippen LogP contribution < -0.4 is 5.32 Å². The highest BCUT2D eigenvalue weighted by Gasteiger charge is 2.12. The monoisotopic (exact) mass is 456 g/mol. The Kier molecular flexibility index (Phi) is 13.5. The molecule has 0 atom stereocenters. The highest BCUT2D eigenvalue weighted by molar-refractivity contribution is 5.70. The van der Waals surface area contributed by atoms with E-state index in [0.29, 0.717) is 58.8 Å². The summed E-state index contributed by atoms with van der Waals surface area (Å²) in [6, 6.07) is 19.8. The van der Waals surface area contributed by atoms with Gasteiger partial charge in [0, 0.05) is 45.6 Å². The van der Waals surface area contributed by atoms with Gasteiger partial charge in [0.1, 0.15) is 0 Å². The quantitative estimate of drug-likeness (QED) is 0.279. The normalized spacial score (nSPS) is 10.8. The van der Waals surface area contributed by atoms with E-state index < -0.39 is 0 Å². The van der Waals surface area contributed by atoms with Crippen LogP contribution in [-0.2, 0) is 31.9 Å². The van der Waals surface area contributed by atoms with Crippen molar-refractivity contribution in [2.45, 2.75) is 25.7 Å². The summed E-state index contributed by atoms with van der Waals surface area (Å²) in [6.45, 7) is 3.62. The first kappa shape index (κ1) is 26.5. The zero-order valence-electron chi connectivity index (χ0n) is 19.3. The zero-order valence-corrected chi connectivity index (χ0v) is 19.3. The van der Waals surface area contributed by atoms with Crippen molar-refractivity contribution in [1.82, 2.24) is 10.2 Å². The van der Waals surface area contributed by atoms with Gasteiger partial charge in [-0.1, -0.05) is 60.7 Å². The molecular formula is C26H36N2O5. The Morgan fingerprint density at radius 1 is 0.727 bits per heavy atom. The average molecular weight is 457 g/mol. The fraction of sp³-hybridized carbons (Fsp3) is 0.462. The number of esters is 2. The van der Waals surface area contributed by atoms with E-state index in [1.807, 2.05) is 65.6 Å². The van der Waals surface area contributed by atoms with Gasteiger partial charge in [-0.2, -0.15) is 0 Å². The van der Waals surface area contributed by atoms with Crippen molar-refractivity contribution in [3.63, 3.8) is 0 Å². The molecule has 0 saturated heterocycles. The average Bonchev–Trinajstić information content (AvgIpc) is 2.84. The van der Waals surface area contributed by atoms with Crippen molar-refractivity contribution in [1.29, 1.82) is 0 Å². The van der Waals surface area contributed by atoms with Crippen molar-refractivity contribution in [3.8, 4) is 0 Å². The molecule has 0 aliphatic rings. The van der Waals surface area contributed by atoms with Crippen molar-refractivity contribution >= 4 is 11.9 Å². The molecule has 0 bridgehead atoms. The highest BCUT2D eigenvalue weighted by Crippen LogP contribution is 2.03. The van der Waals surface area contributed by atoms with Gasteiger partial charge >= 0.3 is 11.9 Å². The van der Waals surface area contributed by atoms with Crippen LogP contribution in [0.3, 0.4) is 0 Å². The first-order valence-electron chi connectivity index (χ1n) is 11.6. The van der Waals surface area contributed by atoms with Crippen LogP contribution in [0.5, 0.6) is 0 Å². The Hall–Kier alpha value is -2.74. The summed E-state index contributed by atoms with van der Waals surface area (Å²) in [7, 11) is 0. The lowest BCUT2D eigenvalue weighted by molar-refractivity contribution is -0.144. The Labute approximate surface area is 196 Å². The summed E-state index contributed by atoms with van der Waals surface area (Å²) >= 11 is 0. The number of hydrogen-bond donors (Lipinski definition) is 2. The maximum absolute atomic E-state index is 12.1. The Morgan fingerprint density at radius 2 is 1.21 bits per heavy atom. The van der Waals surface area contributed by atoms with Crippen molar-refractivity contribution in [2.75, 3.05) is 52.5 Å². The largest absolute Gasteiger partial charge is 0.465 e. The SMILES string of the molecule is O=C(CCN(CCNCCO)CCC(=O)OCCc1ccccc1)OCCc1ccccc1. The fourth-order valence-corrected chi connectivity index (χ4v) is 3.27. The number of benzene rings is 2. The van der Waals surface area contributed by atoms with E-state index in [0.717, 1.165) is 11.1 Å². The fourth-order valence-electron chi connectivity index (χ4n) is 3.27. The van der Waals surface area contributed by atoms with Gasteiger partial charge in [0.15, 0.2) is 0 Å². The molecule has 0 saturated carbocycles. The number of hydrogen-bond acceptors (Lipinski definition) is 7. The molecular weight excluding hydrogens is 420 g/mol. The summed E-state index contributed by atoms with van der Waals surface area (Å²) in [4.78, 5) is 26.3. The molecule has 7 nitrogen and oxygen atoms in total. The van der Waals surface area contributed by atoms with E-state index in [1.54, 1.807) is 0 Å². The number of aliphatic hydroxyl groups excluding tert-OH is 1. The van der Waals surface area contributed by atoms with E-state index in [1.165, 1.54) is 0 Å². The lowest BCUT2D eigenvalue weighted by Crippen LogP contribution is -2.36. The number of ether oxygens (including phenoxy) is 2. The lowest BCUT2D eigenvalue weighted by Gasteiger charge is -2.21. The van der Waals surface area contributed by atoms with Gasteiger partial charge in [-0.05, 0) is 11.1 Å². The van der Waals surface area contributed by atoms with Gasteiger partial charge in [-0.3, -0.25) is 9.59 Å². The molecule has 2 aromatic rings. The minimum Gasteiger partial charge on any atom is -0.465 e. The van der Waals surface area contributed by atoms with Gasteiger partial charge in [0.05, 0.1) is 32.7 Å². The van der Waals surface area contributed by atoms with Gasteiger partial charge < -0.3 is 24.8 Å². The minimum atomic E-state index is -0.246.